The molecule has 0 aliphatic rings. The van der Waals surface area contributed by atoms with Crippen molar-refractivity contribution in [3.8, 4) is 11.1 Å². The van der Waals surface area contributed by atoms with Crippen molar-refractivity contribution in [2.75, 3.05) is 6.54 Å². The van der Waals surface area contributed by atoms with Crippen molar-refractivity contribution < 1.29 is 19.2 Å². The van der Waals surface area contributed by atoms with E-state index in [9.17, 15) is 19.2 Å². The number of carbonyl (C=O) groups excluding carboxylic acids is 4. The van der Waals surface area contributed by atoms with Gasteiger partial charge in [-0.15, -0.1) is 0 Å². The zero-order chi connectivity index (χ0) is 24.3. The molecule has 3 rings (SSSR count). The molecule has 3 aromatic rings. The third-order valence-electron chi connectivity index (χ3n) is 5.27. The number of hydrogen-bond acceptors (Lipinski definition) is 4. The summed E-state index contributed by atoms with van der Waals surface area (Å²) in [5, 5.41) is 7.80. The highest BCUT2D eigenvalue weighted by atomic mass is 16.2. The van der Waals surface area contributed by atoms with Crippen molar-refractivity contribution in [3.63, 3.8) is 0 Å². The quantitative estimate of drug-likeness (QED) is 0.407. The van der Waals surface area contributed by atoms with E-state index in [1.165, 1.54) is 6.92 Å². The molecule has 0 aromatic heterocycles. The van der Waals surface area contributed by atoms with Crippen LogP contribution in [0.2, 0.25) is 0 Å². The van der Waals surface area contributed by atoms with Gasteiger partial charge in [-0.25, -0.2) is 0 Å². The second-order valence-electron chi connectivity index (χ2n) is 7.80. The molecule has 0 aliphatic carbocycles. The Balaban J connectivity index is 1.75. The predicted molar refractivity (Wildman–Crippen MR) is 130 cm³/mol. The Morgan fingerprint density at radius 2 is 1.35 bits per heavy atom. The van der Waals surface area contributed by atoms with E-state index in [0.29, 0.717) is 11.8 Å². The number of carbonyl (C=O) groups is 4. The van der Waals surface area contributed by atoms with E-state index < -0.39 is 23.9 Å². The summed E-state index contributed by atoms with van der Waals surface area (Å²) < 4.78 is 0. The molecule has 0 radical (unpaired) electrons. The molecule has 7 heteroatoms. The van der Waals surface area contributed by atoms with Crippen LogP contribution in [0.25, 0.3) is 11.1 Å². The van der Waals surface area contributed by atoms with Crippen LogP contribution in [0.4, 0.5) is 0 Å². The van der Waals surface area contributed by atoms with Crippen molar-refractivity contribution in [2.45, 2.75) is 25.4 Å². The number of aldehydes is 1. The Morgan fingerprint density at radius 1 is 0.765 bits per heavy atom. The van der Waals surface area contributed by atoms with Crippen LogP contribution in [0.5, 0.6) is 0 Å². The lowest BCUT2D eigenvalue weighted by Gasteiger charge is -2.21. The molecule has 3 amide bonds. The molecule has 0 bridgehead atoms. The van der Waals surface area contributed by atoms with Gasteiger partial charge in [0, 0.05) is 12.0 Å². The smallest absolute Gasteiger partial charge is 0.251 e. The van der Waals surface area contributed by atoms with Gasteiger partial charge in [0.15, 0.2) is 0 Å². The molecule has 3 N–H and O–H groups in total. The van der Waals surface area contributed by atoms with Crippen LogP contribution in [0.15, 0.2) is 84.9 Å². The number of benzene rings is 3. The maximum absolute atomic E-state index is 13.0. The molecule has 7 nitrogen and oxygen atoms in total. The summed E-state index contributed by atoms with van der Waals surface area (Å²) >= 11 is 0. The Morgan fingerprint density at radius 3 is 1.97 bits per heavy atom. The minimum atomic E-state index is -0.906. The maximum Gasteiger partial charge on any atom is 0.251 e. The summed E-state index contributed by atoms with van der Waals surface area (Å²) in [4.78, 5) is 48.3. The molecule has 0 heterocycles. The third-order valence-corrected chi connectivity index (χ3v) is 5.27. The fourth-order valence-corrected chi connectivity index (χ4v) is 3.41. The Kier molecular flexibility index (Phi) is 8.68. The molecule has 0 spiro atoms. The number of rotatable bonds is 10. The third kappa shape index (κ3) is 6.87. The summed E-state index contributed by atoms with van der Waals surface area (Å²) in [6.45, 7) is 1.38. The zero-order valence-electron chi connectivity index (χ0n) is 18.9. The fourth-order valence-electron chi connectivity index (χ4n) is 3.41. The first kappa shape index (κ1) is 24.4. The Labute approximate surface area is 198 Å². The van der Waals surface area contributed by atoms with Gasteiger partial charge in [0.1, 0.15) is 18.4 Å². The van der Waals surface area contributed by atoms with Gasteiger partial charge in [0.05, 0.1) is 6.54 Å². The van der Waals surface area contributed by atoms with Crippen LogP contribution >= 0.6 is 0 Å². The highest BCUT2D eigenvalue weighted by Crippen LogP contribution is 2.20. The van der Waals surface area contributed by atoms with E-state index in [-0.39, 0.29) is 18.9 Å². The van der Waals surface area contributed by atoms with Crippen molar-refractivity contribution in [2.24, 2.45) is 0 Å². The Hall–Kier alpha value is -4.26. The number of nitrogens with one attached hydrogen (secondary N) is 3. The van der Waals surface area contributed by atoms with Crippen LogP contribution in [0.1, 0.15) is 22.8 Å². The SMILES string of the molecule is C[C@H](NC(=O)[C@@H](Cc1ccc(-c2ccccc2)cc1)NC(=O)c1ccccc1)C(=O)NCC=O. The molecule has 0 aliphatic heterocycles. The zero-order valence-corrected chi connectivity index (χ0v) is 18.9. The molecule has 0 fully saturated rings. The molecular formula is C27H27N3O4. The fraction of sp³-hybridized carbons (Fsp3) is 0.185. The molecule has 174 valence electrons. The highest BCUT2D eigenvalue weighted by molar-refractivity contribution is 5.98. The molecule has 0 saturated carbocycles. The predicted octanol–water partition coefficient (Wildman–Crippen LogP) is 2.51. The molecule has 34 heavy (non-hydrogen) atoms. The highest BCUT2D eigenvalue weighted by Gasteiger charge is 2.25. The van der Waals surface area contributed by atoms with E-state index in [1.54, 1.807) is 30.3 Å². The lowest BCUT2D eigenvalue weighted by molar-refractivity contribution is -0.129. The minimum Gasteiger partial charge on any atom is -0.348 e. The van der Waals surface area contributed by atoms with E-state index in [2.05, 4.69) is 16.0 Å². The second-order valence-corrected chi connectivity index (χ2v) is 7.80. The standard InChI is InChI=1S/C27H27N3O4/c1-19(25(32)28-16-17-31)29-27(34)24(30-26(33)23-10-6-3-7-11-23)18-20-12-14-22(15-13-20)21-8-4-2-5-9-21/h2-15,17,19,24H,16,18H2,1H3,(H,28,32)(H,29,34)(H,30,33)/t19-,24+/m0/s1. The average molecular weight is 458 g/mol. The van der Waals surface area contributed by atoms with Gasteiger partial charge in [-0.2, -0.15) is 0 Å². The largest absolute Gasteiger partial charge is 0.348 e. The van der Waals surface area contributed by atoms with Gasteiger partial charge in [0.25, 0.3) is 5.91 Å². The molecule has 2 atom stereocenters. The number of hydrogen-bond donors (Lipinski definition) is 3. The first-order valence-corrected chi connectivity index (χ1v) is 11.0. The summed E-state index contributed by atoms with van der Waals surface area (Å²) in [5.74, 6) is -1.37. The Bertz CT molecular complexity index is 1120. The van der Waals surface area contributed by atoms with Crippen LogP contribution in [0.3, 0.4) is 0 Å². The minimum absolute atomic E-state index is 0.138. The monoisotopic (exact) mass is 457 g/mol. The van der Waals surface area contributed by atoms with Crippen LogP contribution in [-0.4, -0.2) is 42.6 Å². The average Bonchev–Trinajstić information content (AvgIpc) is 2.88. The molecule has 0 saturated heterocycles. The van der Waals surface area contributed by atoms with Crippen molar-refractivity contribution in [3.05, 3.63) is 96.1 Å². The summed E-state index contributed by atoms with van der Waals surface area (Å²) in [5.41, 5.74) is 3.40. The first-order chi connectivity index (χ1) is 16.5. The van der Waals surface area contributed by atoms with Gasteiger partial charge in [-0.05, 0) is 35.7 Å². The van der Waals surface area contributed by atoms with Crippen molar-refractivity contribution in [1.82, 2.24) is 16.0 Å². The lowest BCUT2D eigenvalue weighted by atomic mass is 10.00. The van der Waals surface area contributed by atoms with Crippen molar-refractivity contribution in [1.29, 1.82) is 0 Å². The maximum atomic E-state index is 13.0. The summed E-state index contributed by atoms with van der Waals surface area (Å²) in [7, 11) is 0. The van der Waals surface area contributed by atoms with E-state index in [0.717, 1.165) is 16.7 Å². The normalized spacial score (nSPS) is 12.1. The first-order valence-electron chi connectivity index (χ1n) is 11.0. The molecule has 3 aromatic carbocycles. The van der Waals surface area contributed by atoms with Gasteiger partial charge in [0.2, 0.25) is 11.8 Å². The van der Waals surface area contributed by atoms with E-state index in [4.69, 9.17) is 0 Å². The lowest BCUT2D eigenvalue weighted by Crippen LogP contribution is -2.53. The van der Waals surface area contributed by atoms with Crippen LogP contribution in [0, 0.1) is 0 Å². The summed E-state index contributed by atoms with van der Waals surface area (Å²) in [6.07, 6.45) is 0.802. The topological polar surface area (TPSA) is 104 Å². The van der Waals surface area contributed by atoms with Gasteiger partial charge < -0.3 is 20.7 Å². The van der Waals surface area contributed by atoms with Gasteiger partial charge >= 0.3 is 0 Å². The van der Waals surface area contributed by atoms with E-state index in [1.807, 2.05) is 54.6 Å². The van der Waals surface area contributed by atoms with E-state index >= 15 is 0 Å². The van der Waals surface area contributed by atoms with Crippen molar-refractivity contribution >= 4 is 24.0 Å². The van der Waals surface area contributed by atoms with Crippen LogP contribution in [-0.2, 0) is 20.8 Å². The molecular weight excluding hydrogens is 430 g/mol. The van der Waals surface area contributed by atoms with Crippen LogP contribution < -0.4 is 16.0 Å². The molecule has 0 unspecified atom stereocenters. The number of amides is 3. The summed E-state index contributed by atoms with van der Waals surface area (Å²) in [6, 6.07) is 24.5. The van der Waals surface area contributed by atoms with Gasteiger partial charge in [-0.1, -0.05) is 72.8 Å². The second kappa shape index (κ2) is 12.1. The van der Waals surface area contributed by atoms with Gasteiger partial charge in [-0.3, -0.25) is 14.4 Å².